The first kappa shape index (κ1) is 29.1. The van der Waals surface area contributed by atoms with E-state index >= 15 is 0 Å². The summed E-state index contributed by atoms with van der Waals surface area (Å²) in [5.41, 5.74) is 4.65. The van der Waals surface area contributed by atoms with Gasteiger partial charge in [-0.1, -0.05) is 57.7 Å². The highest BCUT2D eigenvalue weighted by molar-refractivity contribution is 7.98. The molecule has 0 saturated heterocycles. The van der Waals surface area contributed by atoms with Crippen molar-refractivity contribution in [3.05, 3.63) is 78.0 Å². The lowest BCUT2D eigenvalue weighted by molar-refractivity contribution is 0.147. The Hall–Kier alpha value is -4.44. The van der Waals surface area contributed by atoms with E-state index in [1.165, 1.54) is 17.8 Å². The van der Waals surface area contributed by atoms with Crippen molar-refractivity contribution >= 4 is 34.4 Å². The fourth-order valence-electron chi connectivity index (χ4n) is 4.71. The smallest absolute Gasteiger partial charge is 0.411 e. The van der Waals surface area contributed by atoms with E-state index in [9.17, 15) is 15.0 Å². The largest absolute Gasteiger partial charge is 0.508 e. The molecule has 9 nitrogen and oxygen atoms in total. The lowest BCUT2D eigenvalue weighted by Crippen LogP contribution is -2.17. The first-order chi connectivity index (χ1) is 20.1. The van der Waals surface area contributed by atoms with Crippen molar-refractivity contribution in [1.82, 2.24) is 19.3 Å². The minimum atomic E-state index is -0.494. The zero-order valence-electron chi connectivity index (χ0n) is 24.3. The van der Waals surface area contributed by atoms with E-state index in [4.69, 9.17) is 4.74 Å². The minimum Gasteiger partial charge on any atom is -0.508 e. The molecule has 0 aliphatic carbocycles. The lowest BCUT2D eigenvalue weighted by atomic mass is 9.98. The zero-order valence-corrected chi connectivity index (χ0v) is 25.1. The van der Waals surface area contributed by atoms with Gasteiger partial charge in [-0.2, -0.15) is 0 Å². The van der Waals surface area contributed by atoms with Gasteiger partial charge < -0.3 is 19.5 Å². The van der Waals surface area contributed by atoms with Crippen LogP contribution in [0.3, 0.4) is 0 Å². The van der Waals surface area contributed by atoms with E-state index in [1.807, 2.05) is 88.0 Å². The van der Waals surface area contributed by atoms with Crippen LogP contribution in [0.1, 0.15) is 44.7 Å². The maximum absolute atomic E-state index is 12.4. The summed E-state index contributed by atoms with van der Waals surface area (Å²) in [4.78, 5) is 12.4. The average Bonchev–Trinajstić information content (AvgIpc) is 3.54. The van der Waals surface area contributed by atoms with Crippen molar-refractivity contribution in [3.8, 4) is 28.6 Å². The average molecular weight is 586 g/mol. The molecule has 5 rings (SSSR count). The fourth-order valence-corrected chi connectivity index (χ4v) is 5.67. The number of thioether (sulfide) groups is 1. The van der Waals surface area contributed by atoms with Gasteiger partial charge in [0.25, 0.3) is 0 Å². The third-order valence-electron chi connectivity index (χ3n) is 6.93. The number of hydrogen-bond acceptors (Lipinski definition) is 7. The molecule has 1 amide bonds. The molecule has 10 heteroatoms. The Balaban J connectivity index is 1.53. The van der Waals surface area contributed by atoms with Crippen molar-refractivity contribution in [2.75, 3.05) is 11.9 Å². The number of hydrogen-bond donors (Lipinski definition) is 3. The predicted molar refractivity (Wildman–Crippen MR) is 167 cm³/mol. The van der Waals surface area contributed by atoms with Gasteiger partial charge in [0, 0.05) is 41.7 Å². The standard InChI is InChI=1S/C32H35N5O4S/c1-19(2)17-41-32(40)33-26-9-7-6-8-22(26)18-42-31-35-34-30(25-15-24(20(3)4)28(38)16-29(25)39)37(31)23-10-11-27-21(14-23)12-13-36(27)5/h6-16,19-20,38-39H,17-18H2,1-5H3,(H,33,40). The number of aryl methyl sites for hydroxylation is 1. The maximum Gasteiger partial charge on any atom is 0.411 e. The van der Waals surface area contributed by atoms with Gasteiger partial charge >= 0.3 is 6.09 Å². The second-order valence-electron chi connectivity index (χ2n) is 11.0. The van der Waals surface area contributed by atoms with Crippen LogP contribution in [0, 0.1) is 5.92 Å². The Labute approximate surface area is 249 Å². The van der Waals surface area contributed by atoms with Crippen molar-refractivity contribution in [2.24, 2.45) is 13.0 Å². The molecule has 42 heavy (non-hydrogen) atoms. The molecule has 3 aromatic carbocycles. The summed E-state index contributed by atoms with van der Waals surface area (Å²) < 4.78 is 9.28. The molecule has 0 saturated carbocycles. The van der Waals surface area contributed by atoms with Gasteiger partial charge in [-0.15, -0.1) is 10.2 Å². The molecule has 0 aliphatic heterocycles. The van der Waals surface area contributed by atoms with Gasteiger partial charge in [-0.25, -0.2) is 4.79 Å². The first-order valence-electron chi connectivity index (χ1n) is 13.8. The van der Waals surface area contributed by atoms with Crippen LogP contribution >= 0.6 is 11.8 Å². The van der Waals surface area contributed by atoms with Gasteiger partial charge in [0.1, 0.15) is 11.5 Å². The monoisotopic (exact) mass is 585 g/mol. The number of ether oxygens (including phenoxy) is 1. The number of carbonyl (C=O) groups excluding carboxylic acids is 1. The van der Waals surface area contributed by atoms with Gasteiger partial charge in [0.2, 0.25) is 0 Å². The number of anilines is 1. The normalized spacial score (nSPS) is 11.5. The summed E-state index contributed by atoms with van der Waals surface area (Å²) in [5.74, 6) is 1.17. The highest BCUT2D eigenvalue weighted by Crippen LogP contribution is 2.40. The van der Waals surface area contributed by atoms with E-state index in [0.29, 0.717) is 40.2 Å². The Morgan fingerprint density at radius 3 is 2.55 bits per heavy atom. The van der Waals surface area contributed by atoms with E-state index in [-0.39, 0.29) is 23.3 Å². The third-order valence-corrected chi connectivity index (χ3v) is 7.90. The number of nitrogens with zero attached hydrogens (tertiary/aromatic N) is 4. The summed E-state index contributed by atoms with van der Waals surface area (Å²) in [6.45, 7) is 8.27. The number of phenolic OH excluding ortho intramolecular Hbond substituents is 2. The Morgan fingerprint density at radius 1 is 1.00 bits per heavy atom. The topological polar surface area (TPSA) is 114 Å². The summed E-state index contributed by atoms with van der Waals surface area (Å²) in [5, 5.41) is 34.9. The van der Waals surface area contributed by atoms with Crippen molar-refractivity contribution < 1.29 is 19.7 Å². The zero-order chi connectivity index (χ0) is 30.0. The summed E-state index contributed by atoms with van der Waals surface area (Å²) in [7, 11) is 2.00. The molecule has 0 atom stereocenters. The molecular formula is C32H35N5O4S. The molecule has 0 fully saturated rings. The van der Waals surface area contributed by atoms with Crippen molar-refractivity contribution in [3.63, 3.8) is 0 Å². The van der Waals surface area contributed by atoms with Crippen LogP contribution in [0.4, 0.5) is 10.5 Å². The number of carbonyl (C=O) groups is 1. The van der Waals surface area contributed by atoms with Crippen LogP contribution in [-0.4, -0.2) is 42.2 Å². The quantitative estimate of drug-likeness (QED) is 0.154. The molecule has 0 unspecified atom stereocenters. The van der Waals surface area contributed by atoms with Crippen molar-refractivity contribution in [1.29, 1.82) is 0 Å². The molecule has 0 spiro atoms. The second-order valence-corrected chi connectivity index (χ2v) is 11.9. The molecule has 0 radical (unpaired) electrons. The van der Waals surface area contributed by atoms with E-state index < -0.39 is 6.09 Å². The number of rotatable bonds is 9. The van der Waals surface area contributed by atoms with Gasteiger partial charge in [0.05, 0.1) is 17.9 Å². The van der Waals surface area contributed by atoms with Gasteiger partial charge in [-0.05, 0) is 59.4 Å². The Morgan fingerprint density at radius 2 is 1.79 bits per heavy atom. The molecule has 0 bridgehead atoms. The Bertz CT molecular complexity index is 1740. The number of nitrogens with one attached hydrogen (secondary N) is 1. The SMILES string of the molecule is CC(C)COC(=O)Nc1ccccc1CSc1nnc(-c2cc(C(C)C)c(O)cc2O)n1-c1ccc2c(ccn2C)c1. The summed E-state index contributed by atoms with van der Waals surface area (Å²) >= 11 is 1.46. The molecule has 3 N–H and O–H groups in total. The molecule has 2 heterocycles. The predicted octanol–water partition coefficient (Wildman–Crippen LogP) is 7.46. The van der Waals surface area contributed by atoms with Crippen LogP contribution in [0.5, 0.6) is 11.5 Å². The fraction of sp³-hybridized carbons (Fsp3) is 0.281. The van der Waals surface area contributed by atoms with Crippen LogP contribution in [0.15, 0.2) is 72.0 Å². The molecule has 0 aliphatic rings. The van der Waals surface area contributed by atoms with Crippen LogP contribution in [-0.2, 0) is 17.5 Å². The second kappa shape index (κ2) is 12.2. The molecule has 2 aromatic heterocycles. The van der Waals surface area contributed by atoms with Crippen LogP contribution in [0.25, 0.3) is 28.0 Å². The van der Waals surface area contributed by atoms with Crippen molar-refractivity contribution in [2.45, 2.75) is 44.5 Å². The minimum absolute atomic E-state index is 0.0338. The van der Waals surface area contributed by atoms with Gasteiger partial charge in [0.15, 0.2) is 11.0 Å². The summed E-state index contributed by atoms with van der Waals surface area (Å²) in [6.07, 6.45) is 1.51. The highest BCUT2D eigenvalue weighted by atomic mass is 32.2. The van der Waals surface area contributed by atoms with Gasteiger partial charge in [-0.3, -0.25) is 9.88 Å². The first-order valence-corrected chi connectivity index (χ1v) is 14.8. The number of para-hydroxylation sites is 1. The number of aromatic hydroxyl groups is 2. The number of aromatic nitrogens is 4. The molecular weight excluding hydrogens is 550 g/mol. The number of phenols is 2. The lowest BCUT2D eigenvalue weighted by Gasteiger charge is -2.15. The molecule has 218 valence electrons. The molecule has 5 aromatic rings. The van der Waals surface area contributed by atoms with Crippen LogP contribution in [0.2, 0.25) is 0 Å². The van der Waals surface area contributed by atoms with E-state index in [0.717, 1.165) is 22.2 Å². The third kappa shape index (κ3) is 6.08. The highest BCUT2D eigenvalue weighted by Gasteiger charge is 2.22. The van der Waals surface area contributed by atoms with Crippen LogP contribution < -0.4 is 5.32 Å². The number of amides is 1. The summed E-state index contributed by atoms with van der Waals surface area (Å²) in [6, 6.07) is 18.9. The van der Waals surface area contributed by atoms with E-state index in [2.05, 4.69) is 26.1 Å². The Kier molecular flexibility index (Phi) is 8.44. The van der Waals surface area contributed by atoms with E-state index in [1.54, 1.807) is 6.07 Å². The number of fused-ring (bicyclic) bond motifs is 1. The number of benzene rings is 3. The maximum atomic E-state index is 12.4.